The molecule has 1 heterocycles. The minimum absolute atomic E-state index is 0.776. The minimum Gasteiger partial charge on any atom is -0.319 e. The molecule has 2 heteroatoms. The van der Waals surface area contributed by atoms with Crippen molar-refractivity contribution < 1.29 is 0 Å². The number of piperidine rings is 1. The van der Waals surface area contributed by atoms with Gasteiger partial charge in [-0.15, -0.1) is 0 Å². The highest BCUT2D eigenvalue weighted by atomic mass is 15.2. The van der Waals surface area contributed by atoms with E-state index >= 15 is 0 Å². The lowest BCUT2D eigenvalue weighted by atomic mass is 9.95. The maximum absolute atomic E-state index is 3.32. The van der Waals surface area contributed by atoms with Gasteiger partial charge in [0.15, 0.2) is 0 Å². The van der Waals surface area contributed by atoms with Crippen LogP contribution in [0.5, 0.6) is 0 Å². The molecule has 3 rings (SSSR count). The summed E-state index contributed by atoms with van der Waals surface area (Å²) in [4.78, 5) is 2.73. The van der Waals surface area contributed by atoms with Crippen molar-refractivity contribution in [1.82, 2.24) is 10.2 Å². The third-order valence-electron chi connectivity index (χ3n) is 4.69. The molecule has 1 aromatic rings. The van der Waals surface area contributed by atoms with E-state index in [4.69, 9.17) is 0 Å². The molecular weight excluding hydrogens is 220 g/mol. The van der Waals surface area contributed by atoms with Crippen LogP contribution in [0.2, 0.25) is 0 Å². The van der Waals surface area contributed by atoms with E-state index in [1.807, 2.05) is 0 Å². The van der Waals surface area contributed by atoms with Crippen LogP contribution in [-0.4, -0.2) is 37.6 Å². The number of nitrogens with one attached hydrogen (secondary N) is 1. The van der Waals surface area contributed by atoms with Crippen LogP contribution >= 0.6 is 0 Å². The summed E-state index contributed by atoms with van der Waals surface area (Å²) in [7, 11) is 2.07. The molecule has 0 saturated carbocycles. The normalized spacial score (nSPS) is 22.3. The van der Waals surface area contributed by atoms with Crippen molar-refractivity contribution in [3.8, 4) is 0 Å². The average molecular weight is 244 g/mol. The molecule has 18 heavy (non-hydrogen) atoms. The first kappa shape index (κ1) is 12.2. The van der Waals surface area contributed by atoms with Crippen LogP contribution in [0.4, 0.5) is 0 Å². The smallest absolute Gasteiger partial charge is 0.0176 e. The van der Waals surface area contributed by atoms with Crippen LogP contribution in [0.15, 0.2) is 24.3 Å². The molecule has 1 saturated heterocycles. The fourth-order valence-corrected chi connectivity index (χ4v) is 3.60. The number of hydrogen-bond donors (Lipinski definition) is 1. The van der Waals surface area contributed by atoms with Crippen molar-refractivity contribution in [3.63, 3.8) is 0 Å². The van der Waals surface area contributed by atoms with E-state index in [0.29, 0.717) is 0 Å². The Morgan fingerprint density at radius 2 is 1.72 bits per heavy atom. The number of fused-ring (bicyclic) bond motifs is 1. The van der Waals surface area contributed by atoms with E-state index in [2.05, 4.69) is 41.5 Å². The van der Waals surface area contributed by atoms with Crippen LogP contribution in [0.25, 0.3) is 0 Å². The number of rotatable bonds is 3. The molecule has 2 nitrogen and oxygen atoms in total. The Labute approximate surface area is 110 Å². The molecular formula is C16H24N2. The highest BCUT2D eigenvalue weighted by Crippen LogP contribution is 2.28. The van der Waals surface area contributed by atoms with Gasteiger partial charge in [0.1, 0.15) is 0 Å². The van der Waals surface area contributed by atoms with E-state index in [1.165, 1.54) is 45.3 Å². The van der Waals surface area contributed by atoms with Gasteiger partial charge in [-0.25, -0.2) is 0 Å². The zero-order valence-electron chi connectivity index (χ0n) is 11.4. The minimum atomic E-state index is 0.776. The van der Waals surface area contributed by atoms with Gasteiger partial charge in [-0.05, 0) is 69.4 Å². The van der Waals surface area contributed by atoms with Crippen molar-refractivity contribution in [2.75, 3.05) is 26.7 Å². The number of likely N-dealkylation sites (tertiary alicyclic amines) is 1. The van der Waals surface area contributed by atoms with Gasteiger partial charge in [0, 0.05) is 6.04 Å². The van der Waals surface area contributed by atoms with Crippen LogP contribution in [-0.2, 0) is 12.8 Å². The predicted molar refractivity (Wildman–Crippen MR) is 75.9 cm³/mol. The molecule has 0 radical (unpaired) electrons. The summed E-state index contributed by atoms with van der Waals surface area (Å²) in [6, 6.07) is 9.75. The molecule has 0 unspecified atom stereocenters. The molecule has 1 aromatic carbocycles. The van der Waals surface area contributed by atoms with E-state index in [1.54, 1.807) is 11.1 Å². The average Bonchev–Trinajstić information content (AvgIpc) is 2.84. The zero-order chi connectivity index (χ0) is 12.4. The second-order valence-electron chi connectivity index (χ2n) is 5.87. The molecule has 0 atom stereocenters. The lowest BCUT2D eigenvalue weighted by molar-refractivity contribution is 0.136. The third kappa shape index (κ3) is 2.45. The molecule has 1 N–H and O–H groups in total. The summed E-state index contributed by atoms with van der Waals surface area (Å²) < 4.78 is 0. The third-order valence-corrected chi connectivity index (χ3v) is 4.69. The summed E-state index contributed by atoms with van der Waals surface area (Å²) >= 11 is 0. The first-order valence-electron chi connectivity index (χ1n) is 7.32. The number of benzene rings is 1. The Hall–Kier alpha value is -0.860. The molecule has 0 bridgehead atoms. The monoisotopic (exact) mass is 244 g/mol. The molecule has 0 amide bonds. The van der Waals surface area contributed by atoms with E-state index in [-0.39, 0.29) is 0 Å². The number of hydrogen-bond acceptors (Lipinski definition) is 2. The summed E-state index contributed by atoms with van der Waals surface area (Å²) in [5.74, 6) is 0.898. The van der Waals surface area contributed by atoms with E-state index in [0.717, 1.165) is 12.0 Å². The Kier molecular flexibility index (Phi) is 3.67. The van der Waals surface area contributed by atoms with Gasteiger partial charge in [0.2, 0.25) is 0 Å². The second kappa shape index (κ2) is 5.41. The Morgan fingerprint density at radius 1 is 1.11 bits per heavy atom. The summed E-state index contributed by atoms with van der Waals surface area (Å²) in [5.41, 5.74) is 3.17. The van der Waals surface area contributed by atoms with Gasteiger partial charge in [-0.3, -0.25) is 4.90 Å². The molecule has 98 valence electrons. The molecule has 0 spiro atoms. The summed E-state index contributed by atoms with van der Waals surface area (Å²) in [6.07, 6.45) is 5.28. The maximum atomic E-state index is 3.32. The van der Waals surface area contributed by atoms with Gasteiger partial charge >= 0.3 is 0 Å². The van der Waals surface area contributed by atoms with Crippen molar-refractivity contribution >= 4 is 0 Å². The summed E-state index contributed by atoms with van der Waals surface area (Å²) in [6.45, 7) is 3.79. The SMILES string of the molecule is CNCC1CCN(C2Cc3ccccc3C2)CC1. The Morgan fingerprint density at radius 3 is 2.28 bits per heavy atom. The lowest BCUT2D eigenvalue weighted by Crippen LogP contribution is -2.43. The quantitative estimate of drug-likeness (QED) is 0.876. The van der Waals surface area contributed by atoms with Crippen LogP contribution in [0.1, 0.15) is 24.0 Å². The van der Waals surface area contributed by atoms with Gasteiger partial charge in [0.25, 0.3) is 0 Å². The number of nitrogens with zero attached hydrogens (tertiary/aromatic N) is 1. The van der Waals surface area contributed by atoms with E-state index in [9.17, 15) is 0 Å². The van der Waals surface area contributed by atoms with Gasteiger partial charge in [0.05, 0.1) is 0 Å². The highest BCUT2D eigenvalue weighted by molar-refractivity contribution is 5.33. The van der Waals surface area contributed by atoms with Crippen LogP contribution in [0, 0.1) is 5.92 Å². The topological polar surface area (TPSA) is 15.3 Å². The standard InChI is InChI=1S/C16H24N2/c1-17-12-13-6-8-18(9-7-13)16-10-14-4-2-3-5-15(14)11-16/h2-5,13,16-17H,6-12H2,1H3. The molecule has 2 aliphatic rings. The molecule has 1 aliphatic carbocycles. The first-order valence-corrected chi connectivity index (χ1v) is 7.32. The Bertz CT molecular complexity index is 369. The summed E-state index contributed by atoms with van der Waals surface area (Å²) in [5, 5.41) is 3.32. The second-order valence-corrected chi connectivity index (χ2v) is 5.87. The molecule has 1 fully saturated rings. The lowest BCUT2D eigenvalue weighted by Gasteiger charge is -2.36. The van der Waals surface area contributed by atoms with Crippen molar-refractivity contribution in [1.29, 1.82) is 0 Å². The fourth-order valence-electron chi connectivity index (χ4n) is 3.60. The van der Waals surface area contributed by atoms with Gasteiger partial charge in [-0.1, -0.05) is 24.3 Å². The molecule has 1 aliphatic heterocycles. The fraction of sp³-hybridized carbons (Fsp3) is 0.625. The van der Waals surface area contributed by atoms with Crippen LogP contribution < -0.4 is 5.32 Å². The van der Waals surface area contributed by atoms with Crippen molar-refractivity contribution in [3.05, 3.63) is 35.4 Å². The molecule has 0 aromatic heterocycles. The van der Waals surface area contributed by atoms with Gasteiger partial charge < -0.3 is 5.32 Å². The van der Waals surface area contributed by atoms with Crippen molar-refractivity contribution in [2.24, 2.45) is 5.92 Å². The highest BCUT2D eigenvalue weighted by Gasteiger charge is 2.29. The largest absolute Gasteiger partial charge is 0.319 e. The van der Waals surface area contributed by atoms with Crippen molar-refractivity contribution in [2.45, 2.75) is 31.7 Å². The first-order chi connectivity index (χ1) is 8.86. The van der Waals surface area contributed by atoms with Crippen LogP contribution in [0.3, 0.4) is 0 Å². The predicted octanol–water partition coefficient (Wildman–Crippen LogP) is 2.09. The van der Waals surface area contributed by atoms with Gasteiger partial charge in [-0.2, -0.15) is 0 Å². The maximum Gasteiger partial charge on any atom is 0.0176 e. The zero-order valence-corrected chi connectivity index (χ0v) is 11.4. The Balaban J connectivity index is 1.56. The van der Waals surface area contributed by atoms with E-state index < -0.39 is 0 Å².